The van der Waals surface area contributed by atoms with Crippen LogP contribution in [-0.2, 0) is 23.2 Å². The predicted octanol–water partition coefficient (Wildman–Crippen LogP) is 7.13. The zero-order valence-corrected chi connectivity index (χ0v) is 15.4. The van der Waals surface area contributed by atoms with E-state index in [4.69, 9.17) is 0 Å². The van der Waals surface area contributed by atoms with E-state index in [2.05, 4.69) is 0 Å². The third kappa shape index (κ3) is 4.19. The minimum Gasteiger partial charge on any atom is -0.166 e. The van der Waals surface area contributed by atoms with E-state index >= 15 is 0 Å². The lowest BCUT2D eigenvalue weighted by Crippen LogP contribution is -2.18. The number of rotatable bonds is 3. The molecule has 28 heavy (non-hydrogen) atoms. The summed E-state index contributed by atoms with van der Waals surface area (Å²) in [6.07, 6.45) is -9.36. The zero-order chi connectivity index (χ0) is 20.5. The molecule has 0 radical (unpaired) electrons. The van der Waals surface area contributed by atoms with Gasteiger partial charge in [0.2, 0.25) is 0 Å². The lowest BCUT2D eigenvalue weighted by molar-refractivity contribution is -0.140. The van der Waals surface area contributed by atoms with Crippen LogP contribution >= 0.6 is 0 Å². The van der Waals surface area contributed by atoms with Crippen LogP contribution in [0.2, 0.25) is 0 Å². The van der Waals surface area contributed by atoms with Crippen LogP contribution < -0.4 is 0 Å². The van der Waals surface area contributed by atoms with Crippen LogP contribution in [0.5, 0.6) is 0 Å². The minimum atomic E-state index is -4.68. The Hall–Kier alpha value is -2.41. The van der Waals surface area contributed by atoms with Crippen LogP contribution in [0.25, 0.3) is 0 Å². The first-order valence-electron chi connectivity index (χ1n) is 8.22. The normalized spacial score (nSPS) is 12.4. The molecule has 0 saturated carbocycles. The molecule has 0 heterocycles. The maximum Gasteiger partial charge on any atom is 0.421 e. The lowest BCUT2D eigenvalue weighted by Gasteiger charge is -2.17. The van der Waals surface area contributed by atoms with E-state index in [0.29, 0.717) is 4.90 Å². The van der Waals surface area contributed by atoms with E-state index in [0.717, 1.165) is 17.7 Å². The Morgan fingerprint density at radius 2 is 0.964 bits per heavy atom. The Labute approximate surface area is 161 Å². The molecule has 0 bridgehead atoms. The molecule has 7 heteroatoms. The van der Waals surface area contributed by atoms with Crippen LogP contribution in [0.15, 0.2) is 87.5 Å². The van der Waals surface area contributed by atoms with Gasteiger partial charge in [-0.2, -0.15) is 26.3 Å². The first kappa shape index (κ1) is 20.3. The highest BCUT2D eigenvalue weighted by molar-refractivity contribution is 7.97. The van der Waals surface area contributed by atoms with Gasteiger partial charge in [0, 0.05) is 0 Å². The van der Waals surface area contributed by atoms with Gasteiger partial charge >= 0.3 is 12.4 Å². The fourth-order valence-corrected chi connectivity index (χ4v) is 5.19. The van der Waals surface area contributed by atoms with Gasteiger partial charge in [-0.05, 0) is 43.3 Å². The van der Waals surface area contributed by atoms with Gasteiger partial charge in [0.15, 0.2) is 14.7 Å². The van der Waals surface area contributed by atoms with Gasteiger partial charge in [0.05, 0.1) is 0 Å². The van der Waals surface area contributed by atoms with Crippen molar-refractivity contribution in [3.63, 3.8) is 0 Å². The summed E-state index contributed by atoms with van der Waals surface area (Å²) in [6, 6.07) is 16.1. The molecule has 0 nitrogen and oxygen atoms in total. The number of hydrogen-bond donors (Lipinski definition) is 0. The first-order valence-corrected chi connectivity index (χ1v) is 9.45. The molecule has 0 fully saturated rings. The van der Waals surface area contributed by atoms with Gasteiger partial charge in [-0.15, -0.1) is 0 Å². The summed E-state index contributed by atoms with van der Waals surface area (Å²) in [5.41, 5.74) is -1.01. The van der Waals surface area contributed by atoms with Crippen LogP contribution in [0.3, 0.4) is 0 Å². The van der Waals surface area contributed by atoms with Gasteiger partial charge in [0.25, 0.3) is 0 Å². The summed E-state index contributed by atoms with van der Waals surface area (Å²) < 4.78 is 81.7. The number of alkyl halides is 6. The van der Waals surface area contributed by atoms with Crippen molar-refractivity contribution in [2.75, 3.05) is 0 Å². The Bertz CT molecular complexity index is 900. The molecular weight excluding hydrogens is 398 g/mol. The molecule has 3 rings (SSSR count). The van der Waals surface area contributed by atoms with Crippen molar-refractivity contribution in [2.24, 2.45) is 0 Å². The molecule has 3 aromatic carbocycles. The van der Waals surface area contributed by atoms with Gasteiger partial charge in [-0.1, -0.05) is 42.0 Å². The Morgan fingerprint density at radius 1 is 0.571 bits per heavy atom. The van der Waals surface area contributed by atoms with E-state index in [1.807, 2.05) is 0 Å². The third-order valence-corrected chi connectivity index (χ3v) is 6.42. The van der Waals surface area contributed by atoms with Crippen molar-refractivity contribution >= 4 is 10.9 Å². The topological polar surface area (TPSA) is 0 Å². The molecule has 0 aliphatic carbocycles. The van der Waals surface area contributed by atoms with Gasteiger partial charge in [-0.3, -0.25) is 0 Å². The highest BCUT2D eigenvalue weighted by atomic mass is 32.2. The molecule has 0 spiro atoms. The summed E-state index contributed by atoms with van der Waals surface area (Å²) in [5, 5.41) is 0. The van der Waals surface area contributed by atoms with E-state index < -0.39 is 34.4 Å². The van der Waals surface area contributed by atoms with Crippen LogP contribution in [0, 0.1) is 6.92 Å². The quantitative estimate of drug-likeness (QED) is 0.317. The monoisotopic (exact) mass is 413 g/mol. The Morgan fingerprint density at radius 3 is 1.36 bits per heavy atom. The smallest absolute Gasteiger partial charge is 0.166 e. The third-order valence-electron chi connectivity index (χ3n) is 4.08. The number of halogens is 6. The van der Waals surface area contributed by atoms with E-state index in [1.54, 1.807) is 31.2 Å². The van der Waals surface area contributed by atoms with E-state index in [-0.39, 0.29) is 9.79 Å². The molecule has 0 aliphatic heterocycles. The molecule has 0 N–H and O–H groups in total. The molecule has 0 aromatic heterocycles. The van der Waals surface area contributed by atoms with Crippen molar-refractivity contribution in [3.8, 4) is 0 Å². The molecule has 0 aliphatic rings. The van der Waals surface area contributed by atoms with Gasteiger partial charge in [0.1, 0.15) is 22.0 Å². The van der Waals surface area contributed by atoms with Crippen molar-refractivity contribution in [2.45, 2.75) is 34.0 Å². The maximum absolute atomic E-state index is 13.6. The molecule has 0 saturated heterocycles. The first-order chi connectivity index (χ1) is 13.1. The van der Waals surface area contributed by atoms with Crippen molar-refractivity contribution in [1.29, 1.82) is 0 Å². The summed E-state index contributed by atoms with van der Waals surface area (Å²) >= 11 is 0. The molecule has 0 atom stereocenters. The standard InChI is InChI=1S/C21H15F6S/c1-14-10-12-15(13-11-14)28(18-8-4-2-6-16(18)20(22,23)24)19-9-5-3-7-17(19)21(25,26)27/h2-13H,1H3/q+1. The van der Waals surface area contributed by atoms with Gasteiger partial charge < -0.3 is 0 Å². The van der Waals surface area contributed by atoms with Gasteiger partial charge in [-0.25, -0.2) is 0 Å². The molecular formula is C21H15F6S+. The number of hydrogen-bond acceptors (Lipinski definition) is 0. The Balaban J connectivity index is 2.33. The van der Waals surface area contributed by atoms with E-state index in [1.165, 1.54) is 36.4 Å². The van der Waals surface area contributed by atoms with Crippen LogP contribution in [-0.4, -0.2) is 0 Å². The highest BCUT2D eigenvalue weighted by Crippen LogP contribution is 2.44. The fraction of sp³-hybridized carbons (Fsp3) is 0.143. The zero-order valence-electron chi connectivity index (χ0n) is 14.6. The molecule has 0 unspecified atom stereocenters. The van der Waals surface area contributed by atoms with Crippen LogP contribution in [0.1, 0.15) is 16.7 Å². The lowest BCUT2D eigenvalue weighted by atomic mass is 10.2. The second-order valence-electron chi connectivity index (χ2n) is 6.11. The number of aryl methyl sites for hydroxylation is 1. The second-order valence-corrected chi connectivity index (χ2v) is 8.07. The fourth-order valence-electron chi connectivity index (χ4n) is 2.80. The average molecular weight is 413 g/mol. The predicted molar refractivity (Wildman–Crippen MR) is 96.2 cm³/mol. The summed E-state index contributed by atoms with van der Waals surface area (Å²) in [7, 11) is -1.58. The summed E-state index contributed by atoms with van der Waals surface area (Å²) in [4.78, 5) is 0.0186. The number of benzene rings is 3. The largest absolute Gasteiger partial charge is 0.421 e. The highest BCUT2D eigenvalue weighted by Gasteiger charge is 2.46. The molecule has 146 valence electrons. The second kappa shape index (κ2) is 7.54. The summed E-state index contributed by atoms with van der Waals surface area (Å²) in [5.74, 6) is 0. The van der Waals surface area contributed by atoms with Crippen molar-refractivity contribution in [1.82, 2.24) is 0 Å². The van der Waals surface area contributed by atoms with E-state index in [9.17, 15) is 26.3 Å². The Kier molecular flexibility index (Phi) is 5.48. The average Bonchev–Trinajstić information content (AvgIpc) is 2.63. The van der Waals surface area contributed by atoms with Crippen molar-refractivity contribution < 1.29 is 26.3 Å². The van der Waals surface area contributed by atoms with Crippen LogP contribution in [0.4, 0.5) is 26.3 Å². The maximum atomic E-state index is 13.6. The molecule has 0 amide bonds. The summed E-state index contributed by atoms with van der Waals surface area (Å²) in [6.45, 7) is 1.80. The minimum absolute atomic E-state index is 0.185. The molecule has 3 aromatic rings. The SMILES string of the molecule is Cc1ccc([S+](c2ccccc2C(F)(F)F)c2ccccc2C(F)(F)F)cc1. The van der Waals surface area contributed by atoms with Crippen molar-refractivity contribution in [3.05, 3.63) is 89.5 Å².